The van der Waals surface area contributed by atoms with Crippen LogP contribution in [0.5, 0.6) is 0 Å². The van der Waals surface area contributed by atoms with E-state index in [2.05, 4.69) is 12.2 Å². The van der Waals surface area contributed by atoms with Gasteiger partial charge < -0.3 is 14.8 Å². The molecule has 0 saturated carbocycles. The monoisotopic (exact) mass is 293 g/mol. The second-order valence-corrected chi connectivity index (χ2v) is 7.52. The second-order valence-electron chi connectivity index (χ2n) is 5.26. The molecule has 0 aliphatic carbocycles. The fourth-order valence-corrected chi connectivity index (χ4v) is 3.45. The Morgan fingerprint density at radius 3 is 2.47 bits per heavy atom. The van der Waals surface area contributed by atoms with Crippen LogP contribution in [-0.2, 0) is 19.3 Å². The van der Waals surface area contributed by atoms with Crippen LogP contribution in [0.15, 0.2) is 0 Å². The summed E-state index contributed by atoms with van der Waals surface area (Å²) in [7, 11) is -1.14. The topological polar surface area (TPSA) is 64.6 Å². The molecule has 1 saturated heterocycles. The Bertz CT molecular complexity index is 350. The summed E-state index contributed by atoms with van der Waals surface area (Å²) in [6, 6.07) is 0.188. The van der Waals surface area contributed by atoms with Gasteiger partial charge in [0.1, 0.15) is 9.84 Å². The summed E-state index contributed by atoms with van der Waals surface area (Å²) in [4.78, 5) is 0. The van der Waals surface area contributed by atoms with Crippen molar-refractivity contribution < 1.29 is 17.9 Å². The first-order valence-corrected chi connectivity index (χ1v) is 9.03. The lowest BCUT2D eigenvalue weighted by Crippen LogP contribution is -2.55. The van der Waals surface area contributed by atoms with Gasteiger partial charge in [0, 0.05) is 51.2 Å². The van der Waals surface area contributed by atoms with Gasteiger partial charge in [0.05, 0.1) is 5.60 Å². The van der Waals surface area contributed by atoms with E-state index in [0.717, 1.165) is 25.8 Å². The van der Waals surface area contributed by atoms with E-state index < -0.39 is 9.84 Å². The maximum Gasteiger partial charge on any atom is 0.147 e. The molecule has 0 aromatic rings. The zero-order valence-electron chi connectivity index (χ0n) is 12.3. The van der Waals surface area contributed by atoms with Gasteiger partial charge in [0.15, 0.2) is 0 Å². The Labute approximate surface area is 117 Å². The molecular weight excluding hydrogens is 266 g/mol. The largest absolute Gasteiger partial charge is 0.381 e. The Kier molecular flexibility index (Phi) is 6.73. The lowest BCUT2D eigenvalue weighted by atomic mass is 9.83. The second kappa shape index (κ2) is 7.57. The lowest BCUT2D eigenvalue weighted by Gasteiger charge is -2.42. The smallest absolute Gasteiger partial charge is 0.147 e. The van der Waals surface area contributed by atoms with Gasteiger partial charge >= 0.3 is 0 Å². The molecule has 0 spiro atoms. The van der Waals surface area contributed by atoms with Gasteiger partial charge in [-0.3, -0.25) is 0 Å². The first-order valence-electron chi connectivity index (χ1n) is 6.97. The standard InChI is InChI=1S/C13H27NO4S/c1-4-14-12(6-5-11-19(3,15)16)13(17-2)7-9-18-10-8-13/h12,14H,4-11H2,1-3H3. The molecule has 0 bridgehead atoms. The van der Waals surface area contributed by atoms with Crippen LogP contribution in [0.25, 0.3) is 0 Å². The Hall–Kier alpha value is -0.170. The molecule has 6 heteroatoms. The predicted molar refractivity (Wildman–Crippen MR) is 76.2 cm³/mol. The minimum absolute atomic E-state index is 0.188. The molecule has 1 atom stereocenters. The van der Waals surface area contributed by atoms with E-state index in [1.165, 1.54) is 6.26 Å². The van der Waals surface area contributed by atoms with Crippen molar-refractivity contribution >= 4 is 9.84 Å². The van der Waals surface area contributed by atoms with Crippen molar-refractivity contribution in [1.29, 1.82) is 0 Å². The molecule has 1 heterocycles. The quantitative estimate of drug-likeness (QED) is 0.723. The van der Waals surface area contributed by atoms with Crippen LogP contribution in [0.4, 0.5) is 0 Å². The van der Waals surface area contributed by atoms with Crippen molar-refractivity contribution in [3.63, 3.8) is 0 Å². The molecule has 1 N–H and O–H groups in total. The molecule has 1 aliphatic rings. The zero-order valence-corrected chi connectivity index (χ0v) is 13.1. The number of hydrogen-bond donors (Lipinski definition) is 1. The summed E-state index contributed by atoms with van der Waals surface area (Å²) >= 11 is 0. The van der Waals surface area contributed by atoms with Crippen LogP contribution in [-0.4, -0.2) is 58.9 Å². The van der Waals surface area contributed by atoms with Crippen LogP contribution in [0.3, 0.4) is 0 Å². The van der Waals surface area contributed by atoms with Crippen LogP contribution in [0.1, 0.15) is 32.6 Å². The summed E-state index contributed by atoms with van der Waals surface area (Å²) in [6.45, 7) is 4.34. The molecule has 1 unspecified atom stereocenters. The summed E-state index contributed by atoms with van der Waals surface area (Å²) < 4.78 is 33.6. The molecule has 1 aliphatic heterocycles. The van der Waals surface area contributed by atoms with E-state index in [0.29, 0.717) is 19.6 Å². The molecule has 114 valence electrons. The lowest BCUT2D eigenvalue weighted by molar-refractivity contribution is -0.111. The molecule has 0 amide bonds. The van der Waals surface area contributed by atoms with Crippen LogP contribution in [0, 0.1) is 0 Å². The zero-order chi connectivity index (χ0) is 14.4. The number of hydrogen-bond acceptors (Lipinski definition) is 5. The van der Waals surface area contributed by atoms with Crippen LogP contribution in [0.2, 0.25) is 0 Å². The molecule has 1 fully saturated rings. The average Bonchev–Trinajstić information content (AvgIpc) is 2.37. The van der Waals surface area contributed by atoms with E-state index in [4.69, 9.17) is 9.47 Å². The normalized spacial score (nSPS) is 21.2. The molecule has 0 aromatic heterocycles. The molecule has 1 rings (SSSR count). The van der Waals surface area contributed by atoms with Crippen molar-refractivity contribution in [2.24, 2.45) is 0 Å². The fraction of sp³-hybridized carbons (Fsp3) is 1.00. The molecule has 0 radical (unpaired) electrons. The van der Waals surface area contributed by atoms with Gasteiger partial charge in [-0.2, -0.15) is 0 Å². The maximum atomic E-state index is 11.2. The number of sulfone groups is 1. The molecule has 5 nitrogen and oxygen atoms in total. The van der Waals surface area contributed by atoms with Gasteiger partial charge in [-0.25, -0.2) is 8.42 Å². The third-order valence-corrected chi connectivity index (χ3v) is 4.87. The van der Waals surface area contributed by atoms with Crippen LogP contribution >= 0.6 is 0 Å². The summed E-state index contributed by atoms with van der Waals surface area (Å²) in [5, 5.41) is 3.45. The van der Waals surface area contributed by atoms with Gasteiger partial charge in [0.25, 0.3) is 0 Å². The van der Waals surface area contributed by atoms with Crippen molar-refractivity contribution in [1.82, 2.24) is 5.32 Å². The Morgan fingerprint density at radius 1 is 1.37 bits per heavy atom. The van der Waals surface area contributed by atoms with Crippen molar-refractivity contribution in [3.05, 3.63) is 0 Å². The number of nitrogens with one attached hydrogen (secondary N) is 1. The Balaban J connectivity index is 2.63. The third-order valence-electron chi connectivity index (χ3n) is 3.84. The summed E-state index contributed by atoms with van der Waals surface area (Å²) in [5.74, 6) is 0.241. The van der Waals surface area contributed by atoms with E-state index in [-0.39, 0.29) is 17.4 Å². The first-order chi connectivity index (χ1) is 8.93. The van der Waals surface area contributed by atoms with Gasteiger partial charge in [-0.15, -0.1) is 0 Å². The van der Waals surface area contributed by atoms with Gasteiger partial charge in [-0.1, -0.05) is 6.92 Å². The molecule has 19 heavy (non-hydrogen) atoms. The highest BCUT2D eigenvalue weighted by atomic mass is 32.2. The maximum absolute atomic E-state index is 11.2. The highest BCUT2D eigenvalue weighted by Gasteiger charge is 2.39. The minimum atomic E-state index is -2.89. The van der Waals surface area contributed by atoms with Crippen LogP contribution < -0.4 is 5.32 Å². The molecular formula is C13H27NO4S. The fourth-order valence-electron chi connectivity index (χ4n) is 2.76. The van der Waals surface area contributed by atoms with E-state index in [9.17, 15) is 8.42 Å². The number of likely N-dealkylation sites (N-methyl/N-ethyl adjacent to an activating group) is 1. The molecule has 0 aromatic carbocycles. The first kappa shape index (κ1) is 16.9. The van der Waals surface area contributed by atoms with Gasteiger partial charge in [-0.05, 0) is 19.4 Å². The number of methoxy groups -OCH3 is 1. The van der Waals surface area contributed by atoms with Crippen molar-refractivity contribution in [2.45, 2.75) is 44.2 Å². The van der Waals surface area contributed by atoms with Crippen molar-refractivity contribution in [2.75, 3.05) is 38.9 Å². The highest BCUT2D eigenvalue weighted by Crippen LogP contribution is 2.30. The number of rotatable bonds is 8. The summed E-state index contributed by atoms with van der Waals surface area (Å²) in [6.07, 6.45) is 4.49. The summed E-state index contributed by atoms with van der Waals surface area (Å²) in [5.41, 5.74) is -0.217. The predicted octanol–water partition coefficient (Wildman–Crippen LogP) is 0.985. The van der Waals surface area contributed by atoms with E-state index in [1.807, 2.05) is 0 Å². The van der Waals surface area contributed by atoms with Crippen molar-refractivity contribution in [3.8, 4) is 0 Å². The van der Waals surface area contributed by atoms with E-state index in [1.54, 1.807) is 7.11 Å². The third kappa shape index (κ3) is 5.38. The minimum Gasteiger partial charge on any atom is -0.381 e. The highest BCUT2D eigenvalue weighted by molar-refractivity contribution is 7.90. The number of ether oxygens (including phenoxy) is 2. The SMILES string of the molecule is CCNC(CCCS(C)(=O)=O)C1(OC)CCOCC1. The Morgan fingerprint density at radius 2 is 2.00 bits per heavy atom. The van der Waals surface area contributed by atoms with Gasteiger partial charge in [0.2, 0.25) is 0 Å². The van der Waals surface area contributed by atoms with E-state index >= 15 is 0 Å². The average molecular weight is 293 g/mol.